The number of rotatable bonds is 6. The van der Waals surface area contributed by atoms with E-state index in [-0.39, 0.29) is 6.10 Å². The van der Waals surface area contributed by atoms with E-state index in [0.29, 0.717) is 18.4 Å². The molecule has 1 aliphatic carbocycles. The van der Waals surface area contributed by atoms with Gasteiger partial charge >= 0.3 is 0 Å². The van der Waals surface area contributed by atoms with Gasteiger partial charge in [-0.05, 0) is 56.2 Å². The fourth-order valence-corrected chi connectivity index (χ4v) is 4.80. The van der Waals surface area contributed by atoms with Crippen LogP contribution >= 0.6 is 0 Å². The van der Waals surface area contributed by atoms with Gasteiger partial charge in [-0.1, -0.05) is 6.07 Å². The van der Waals surface area contributed by atoms with Crippen molar-refractivity contribution in [1.29, 1.82) is 0 Å². The molecule has 1 unspecified atom stereocenters. The number of hydrogen-bond acceptors (Lipinski definition) is 3. The summed E-state index contributed by atoms with van der Waals surface area (Å²) in [7, 11) is 1.95. The molecule has 150 valence electrons. The Kier molecular flexibility index (Phi) is 4.79. The first kappa shape index (κ1) is 18.0. The van der Waals surface area contributed by atoms with Crippen molar-refractivity contribution in [3.8, 4) is 5.75 Å². The second-order valence-electron chi connectivity index (χ2n) is 8.92. The van der Waals surface area contributed by atoms with E-state index in [1.165, 1.54) is 23.7 Å². The van der Waals surface area contributed by atoms with Gasteiger partial charge in [0.25, 0.3) is 0 Å². The number of fused-ring (bicyclic) bond motifs is 1. The number of piperidine rings is 1. The van der Waals surface area contributed by atoms with Crippen LogP contribution in [0.4, 0.5) is 0 Å². The van der Waals surface area contributed by atoms with E-state index < -0.39 is 0 Å². The van der Waals surface area contributed by atoms with Crippen LogP contribution in [0.5, 0.6) is 5.75 Å². The van der Waals surface area contributed by atoms with E-state index in [1.54, 1.807) is 0 Å². The molecule has 5 heteroatoms. The molecule has 3 aliphatic rings. The van der Waals surface area contributed by atoms with Crippen LogP contribution in [0.3, 0.4) is 0 Å². The average molecular weight is 382 g/mol. The van der Waals surface area contributed by atoms with Gasteiger partial charge in [0.05, 0.1) is 5.52 Å². The summed E-state index contributed by atoms with van der Waals surface area (Å²) in [5.41, 5.74) is 1.30. The number of carbonyl (C=O) groups is 1. The maximum atomic E-state index is 11.7. The SMILES string of the molecule is CN1C(=O)CCC1CN1CCC(Oc2cccc3c2ccn3CC2CC2)CC1. The van der Waals surface area contributed by atoms with Crippen molar-refractivity contribution < 1.29 is 9.53 Å². The van der Waals surface area contributed by atoms with Crippen molar-refractivity contribution in [2.75, 3.05) is 26.7 Å². The molecule has 5 nitrogen and oxygen atoms in total. The molecule has 1 amide bonds. The van der Waals surface area contributed by atoms with Crippen molar-refractivity contribution in [1.82, 2.24) is 14.4 Å². The summed E-state index contributed by atoms with van der Waals surface area (Å²) in [5, 5.41) is 1.25. The normalized spacial score (nSPS) is 24.4. The van der Waals surface area contributed by atoms with Gasteiger partial charge in [-0.25, -0.2) is 0 Å². The van der Waals surface area contributed by atoms with Crippen LogP contribution in [0, 0.1) is 5.92 Å². The summed E-state index contributed by atoms with van der Waals surface area (Å²) < 4.78 is 8.85. The molecule has 2 saturated heterocycles. The highest BCUT2D eigenvalue weighted by Crippen LogP contribution is 2.34. The first-order valence-corrected chi connectivity index (χ1v) is 10.9. The third-order valence-corrected chi connectivity index (χ3v) is 6.86. The number of benzene rings is 1. The summed E-state index contributed by atoms with van der Waals surface area (Å²) in [6.07, 6.45) is 9.09. The Hall–Kier alpha value is -2.01. The fourth-order valence-electron chi connectivity index (χ4n) is 4.80. The minimum absolute atomic E-state index is 0.288. The maximum Gasteiger partial charge on any atom is 0.222 e. The van der Waals surface area contributed by atoms with Crippen LogP contribution in [0.25, 0.3) is 10.9 Å². The smallest absolute Gasteiger partial charge is 0.222 e. The lowest BCUT2D eigenvalue weighted by Crippen LogP contribution is -2.45. The highest BCUT2D eigenvalue weighted by Gasteiger charge is 2.31. The Labute approximate surface area is 167 Å². The Balaban J connectivity index is 1.19. The number of nitrogens with zero attached hydrogens (tertiary/aromatic N) is 3. The lowest BCUT2D eigenvalue weighted by atomic mass is 10.1. The maximum absolute atomic E-state index is 11.7. The van der Waals surface area contributed by atoms with Crippen LogP contribution in [0.15, 0.2) is 30.5 Å². The predicted molar refractivity (Wildman–Crippen MR) is 111 cm³/mol. The molecule has 1 atom stereocenters. The van der Waals surface area contributed by atoms with E-state index >= 15 is 0 Å². The molecule has 0 radical (unpaired) electrons. The van der Waals surface area contributed by atoms with E-state index in [0.717, 1.165) is 57.1 Å². The largest absolute Gasteiger partial charge is 0.490 e. The minimum atomic E-state index is 0.288. The monoisotopic (exact) mass is 381 g/mol. The summed E-state index contributed by atoms with van der Waals surface area (Å²) in [4.78, 5) is 16.2. The van der Waals surface area contributed by atoms with Gasteiger partial charge in [0, 0.05) is 57.3 Å². The highest BCUT2D eigenvalue weighted by atomic mass is 16.5. The van der Waals surface area contributed by atoms with E-state index in [1.807, 2.05) is 11.9 Å². The summed E-state index contributed by atoms with van der Waals surface area (Å²) in [6.45, 7) is 4.27. The van der Waals surface area contributed by atoms with Gasteiger partial charge in [0.15, 0.2) is 0 Å². The third kappa shape index (κ3) is 3.64. The molecule has 0 bridgehead atoms. The molecule has 1 aromatic carbocycles. The molecular weight excluding hydrogens is 350 g/mol. The van der Waals surface area contributed by atoms with E-state index in [2.05, 4.69) is 39.9 Å². The van der Waals surface area contributed by atoms with Gasteiger partial charge in [0.2, 0.25) is 5.91 Å². The number of carbonyl (C=O) groups excluding carboxylic acids is 1. The van der Waals surface area contributed by atoms with Gasteiger partial charge in [-0.15, -0.1) is 0 Å². The molecule has 3 fully saturated rings. The van der Waals surface area contributed by atoms with E-state index in [9.17, 15) is 4.79 Å². The Morgan fingerprint density at radius 3 is 2.57 bits per heavy atom. The molecule has 1 saturated carbocycles. The minimum Gasteiger partial charge on any atom is -0.490 e. The number of ether oxygens (including phenoxy) is 1. The van der Waals surface area contributed by atoms with Crippen LogP contribution in [0.2, 0.25) is 0 Å². The van der Waals surface area contributed by atoms with Crippen molar-refractivity contribution >= 4 is 16.8 Å². The predicted octanol–water partition coefficient (Wildman–Crippen LogP) is 3.52. The topological polar surface area (TPSA) is 37.7 Å². The molecule has 1 aromatic heterocycles. The number of likely N-dealkylation sites (tertiary alicyclic amines) is 2. The zero-order valence-electron chi connectivity index (χ0n) is 16.8. The van der Waals surface area contributed by atoms with Crippen molar-refractivity contribution in [2.24, 2.45) is 5.92 Å². The average Bonchev–Trinajstić information content (AvgIpc) is 3.36. The Bertz CT molecular complexity index is 849. The lowest BCUT2D eigenvalue weighted by molar-refractivity contribution is -0.127. The summed E-state index contributed by atoms with van der Waals surface area (Å²) in [6, 6.07) is 9.07. The molecule has 0 spiro atoms. The second kappa shape index (κ2) is 7.43. The van der Waals surface area contributed by atoms with Crippen LogP contribution in [0.1, 0.15) is 38.5 Å². The molecule has 28 heavy (non-hydrogen) atoms. The zero-order chi connectivity index (χ0) is 19.1. The second-order valence-corrected chi connectivity index (χ2v) is 8.92. The number of likely N-dealkylation sites (N-methyl/N-ethyl adjacent to an activating group) is 1. The molecule has 5 rings (SSSR count). The quantitative estimate of drug-likeness (QED) is 0.768. The first-order valence-electron chi connectivity index (χ1n) is 10.9. The van der Waals surface area contributed by atoms with Crippen LogP contribution in [-0.2, 0) is 11.3 Å². The summed E-state index contributed by atoms with van der Waals surface area (Å²) in [5.74, 6) is 2.20. The number of amides is 1. The molecule has 0 N–H and O–H groups in total. The van der Waals surface area contributed by atoms with Crippen molar-refractivity contribution in [2.45, 2.75) is 57.2 Å². The third-order valence-electron chi connectivity index (χ3n) is 6.86. The standard InChI is InChI=1S/C23H31N3O2/c1-24-18(7-8-23(24)27)16-25-12-9-19(10-13-25)28-22-4-2-3-21-20(22)11-14-26(21)15-17-5-6-17/h2-4,11,14,17-19H,5-10,12-13,15-16H2,1H3. The van der Waals surface area contributed by atoms with Gasteiger partial charge in [0.1, 0.15) is 11.9 Å². The van der Waals surface area contributed by atoms with Crippen molar-refractivity contribution in [3.05, 3.63) is 30.5 Å². The molecule has 2 aromatic rings. The zero-order valence-corrected chi connectivity index (χ0v) is 16.8. The Morgan fingerprint density at radius 1 is 1.04 bits per heavy atom. The van der Waals surface area contributed by atoms with Crippen molar-refractivity contribution in [3.63, 3.8) is 0 Å². The van der Waals surface area contributed by atoms with Gasteiger partial charge in [-0.2, -0.15) is 0 Å². The molecule has 3 heterocycles. The van der Waals surface area contributed by atoms with Crippen LogP contribution in [-0.4, -0.2) is 59.1 Å². The van der Waals surface area contributed by atoms with E-state index in [4.69, 9.17) is 4.74 Å². The molecule has 2 aliphatic heterocycles. The lowest BCUT2D eigenvalue weighted by Gasteiger charge is -2.35. The van der Waals surface area contributed by atoms with Crippen LogP contribution < -0.4 is 4.74 Å². The Morgan fingerprint density at radius 2 is 1.86 bits per heavy atom. The number of hydrogen-bond donors (Lipinski definition) is 0. The molecular formula is C23H31N3O2. The highest BCUT2D eigenvalue weighted by molar-refractivity contribution is 5.86. The van der Waals surface area contributed by atoms with Gasteiger partial charge in [-0.3, -0.25) is 4.79 Å². The van der Waals surface area contributed by atoms with Gasteiger partial charge < -0.3 is 19.1 Å². The number of aromatic nitrogens is 1. The fraction of sp³-hybridized carbons (Fsp3) is 0.609. The summed E-state index contributed by atoms with van der Waals surface area (Å²) >= 11 is 0. The first-order chi connectivity index (χ1) is 13.7.